The third-order valence-corrected chi connectivity index (χ3v) is 5.14. The predicted octanol–water partition coefficient (Wildman–Crippen LogP) is 4.30. The number of ether oxygens (including phenoxy) is 1. The van der Waals surface area contributed by atoms with Crippen LogP contribution in [0.2, 0.25) is 0 Å². The SMILES string of the molecule is CCc1ccc(CNC(=O)c2cc3cccc4c3n2CC(CC)O4)cc1. The molecule has 134 valence electrons. The van der Waals surface area contributed by atoms with Crippen molar-refractivity contribution in [1.82, 2.24) is 9.88 Å². The maximum Gasteiger partial charge on any atom is 0.268 e. The van der Waals surface area contributed by atoms with Crippen LogP contribution >= 0.6 is 0 Å². The molecule has 1 amide bonds. The molecule has 0 spiro atoms. The Balaban J connectivity index is 1.58. The van der Waals surface area contributed by atoms with E-state index in [4.69, 9.17) is 4.74 Å². The highest BCUT2D eigenvalue weighted by molar-refractivity contribution is 6.00. The van der Waals surface area contributed by atoms with Crippen LogP contribution in [0.1, 0.15) is 41.9 Å². The van der Waals surface area contributed by atoms with E-state index < -0.39 is 0 Å². The molecule has 4 rings (SSSR count). The van der Waals surface area contributed by atoms with Gasteiger partial charge in [0.1, 0.15) is 17.5 Å². The molecule has 1 N–H and O–H groups in total. The van der Waals surface area contributed by atoms with Crippen LogP contribution in [0.4, 0.5) is 0 Å². The Morgan fingerprint density at radius 1 is 1.15 bits per heavy atom. The molecule has 4 nitrogen and oxygen atoms in total. The number of aryl methyl sites for hydroxylation is 1. The van der Waals surface area contributed by atoms with Crippen LogP contribution in [0.15, 0.2) is 48.5 Å². The summed E-state index contributed by atoms with van der Waals surface area (Å²) in [5.74, 6) is 0.832. The van der Waals surface area contributed by atoms with Gasteiger partial charge in [-0.3, -0.25) is 4.79 Å². The molecule has 0 aliphatic carbocycles. The lowest BCUT2D eigenvalue weighted by Crippen LogP contribution is -2.31. The smallest absolute Gasteiger partial charge is 0.268 e. The van der Waals surface area contributed by atoms with Crippen molar-refractivity contribution in [2.75, 3.05) is 0 Å². The number of hydrogen-bond acceptors (Lipinski definition) is 2. The molecule has 1 aromatic heterocycles. The molecule has 2 aromatic carbocycles. The molecule has 4 heteroatoms. The minimum absolute atomic E-state index is 0.0385. The Morgan fingerprint density at radius 2 is 1.92 bits per heavy atom. The van der Waals surface area contributed by atoms with E-state index in [1.165, 1.54) is 5.56 Å². The van der Waals surface area contributed by atoms with Crippen LogP contribution in [0, 0.1) is 0 Å². The number of nitrogens with one attached hydrogen (secondary N) is 1. The van der Waals surface area contributed by atoms with Gasteiger partial charge < -0.3 is 14.6 Å². The fraction of sp³-hybridized carbons (Fsp3) is 0.318. The van der Waals surface area contributed by atoms with Crippen molar-refractivity contribution in [2.45, 2.75) is 45.9 Å². The van der Waals surface area contributed by atoms with Crippen molar-refractivity contribution in [2.24, 2.45) is 0 Å². The minimum Gasteiger partial charge on any atom is -0.486 e. The van der Waals surface area contributed by atoms with Crippen LogP contribution < -0.4 is 10.1 Å². The Labute approximate surface area is 153 Å². The zero-order valence-corrected chi connectivity index (χ0v) is 15.3. The lowest BCUT2D eigenvalue weighted by atomic mass is 10.1. The number of rotatable bonds is 5. The van der Waals surface area contributed by atoms with E-state index in [1.807, 2.05) is 24.3 Å². The first kappa shape index (κ1) is 16.7. The van der Waals surface area contributed by atoms with Gasteiger partial charge in [-0.05, 0) is 36.1 Å². The highest BCUT2D eigenvalue weighted by atomic mass is 16.5. The number of nitrogens with zero attached hydrogens (tertiary/aromatic N) is 1. The summed E-state index contributed by atoms with van der Waals surface area (Å²) < 4.78 is 8.15. The van der Waals surface area contributed by atoms with Crippen molar-refractivity contribution >= 4 is 16.8 Å². The summed E-state index contributed by atoms with van der Waals surface area (Å²) in [6.07, 6.45) is 2.04. The fourth-order valence-corrected chi connectivity index (χ4v) is 3.56. The van der Waals surface area contributed by atoms with Crippen LogP contribution in [0.5, 0.6) is 5.75 Å². The monoisotopic (exact) mass is 348 g/mol. The second-order valence-corrected chi connectivity index (χ2v) is 6.84. The van der Waals surface area contributed by atoms with Gasteiger partial charge in [0.15, 0.2) is 0 Å². The van der Waals surface area contributed by atoms with Gasteiger partial charge in [-0.15, -0.1) is 0 Å². The molecule has 2 heterocycles. The number of hydrogen-bond donors (Lipinski definition) is 1. The van der Waals surface area contributed by atoms with Crippen molar-refractivity contribution in [3.05, 3.63) is 65.4 Å². The zero-order valence-electron chi connectivity index (χ0n) is 15.3. The predicted molar refractivity (Wildman–Crippen MR) is 104 cm³/mol. The van der Waals surface area contributed by atoms with E-state index in [9.17, 15) is 4.79 Å². The third kappa shape index (κ3) is 2.96. The van der Waals surface area contributed by atoms with Crippen molar-refractivity contribution < 1.29 is 9.53 Å². The first-order valence-corrected chi connectivity index (χ1v) is 9.34. The number of carbonyl (C=O) groups is 1. The third-order valence-electron chi connectivity index (χ3n) is 5.14. The standard InChI is InChI=1S/C22H24N2O2/c1-3-15-8-10-16(11-9-15)13-23-22(25)19-12-17-6-5-7-20-21(17)24(19)14-18(4-2)26-20/h5-12,18H,3-4,13-14H2,1-2H3,(H,23,25). The van der Waals surface area contributed by atoms with Crippen LogP contribution in [0.25, 0.3) is 10.9 Å². The number of para-hydroxylation sites is 1. The normalized spacial score (nSPS) is 15.7. The average molecular weight is 348 g/mol. The largest absolute Gasteiger partial charge is 0.486 e. The molecule has 1 atom stereocenters. The van der Waals surface area contributed by atoms with E-state index in [0.717, 1.165) is 35.1 Å². The van der Waals surface area contributed by atoms with E-state index >= 15 is 0 Å². The van der Waals surface area contributed by atoms with Crippen molar-refractivity contribution in [1.29, 1.82) is 0 Å². The van der Waals surface area contributed by atoms with E-state index in [2.05, 4.69) is 48.0 Å². The van der Waals surface area contributed by atoms with E-state index in [0.29, 0.717) is 18.8 Å². The molecule has 0 fully saturated rings. The minimum atomic E-state index is -0.0385. The number of aromatic nitrogens is 1. The molecule has 1 aliphatic rings. The fourth-order valence-electron chi connectivity index (χ4n) is 3.56. The summed E-state index contributed by atoms with van der Waals surface area (Å²) in [6.45, 7) is 5.50. The highest BCUT2D eigenvalue weighted by Gasteiger charge is 2.25. The van der Waals surface area contributed by atoms with Crippen molar-refractivity contribution in [3.8, 4) is 5.75 Å². The molecule has 3 aromatic rings. The molecular weight excluding hydrogens is 324 g/mol. The van der Waals surface area contributed by atoms with E-state index in [1.54, 1.807) is 0 Å². The number of carbonyl (C=O) groups excluding carboxylic acids is 1. The van der Waals surface area contributed by atoms with Gasteiger partial charge in [0.2, 0.25) is 0 Å². The first-order chi connectivity index (χ1) is 12.7. The summed E-state index contributed by atoms with van der Waals surface area (Å²) in [5.41, 5.74) is 4.15. The maximum atomic E-state index is 12.8. The van der Waals surface area contributed by atoms with E-state index in [-0.39, 0.29) is 12.0 Å². The van der Waals surface area contributed by atoms with Crippen LogP contribution in [0.3, 0.4) is 0 Å². The summed E-state index contributed by atoms with van der Waals surface area (Å²) in [6, 6.07) is 16.4. The molecule has 1 unspecified atom stereocenters. The molecule has 0 bridgehead atoms. The summed E-state index contributed by atoms with van der Waals surface area (Å²) >= 11 is 0. The summed E-state index contributed by atoms with van der Waals surface area (Å²) in [4.78, 5) is 12.8. The van der Waals surface area contributed by atoms with Crippen LogP contribution in [-0.2, 0) is 19.5 Å². The Bertz CT molecular complexity index is 941. The van der Waals surface area contributed by atoms with Crippen LogP contribution in [-0.4, -0.2) is 16.6 Å². The van der Waals surface area contributed by atoms with Gasteiger partial charge in [-0.25, -0.2) is 0 Å². The quantitative estimate of drug-likeness (QED) is 0.747. The number of amides is 1. The second kappa shape index (κ2) is 6.87. The Kier molecular flexibility index (Phi) is 4.41. The Morgan fingerprint density at radius 3 is 2.65 bits per heavy atom. The van der Waals surface area contributed by atoms with Gasteiger partial charge in [0, 0.05) is 11.9 Å². The average Bonchev–Trinajstić information content (AvgIpc) is 3.06. The lowest BCUT2D eigenvalue weighted by Gasteiger charge is -2.26. The maximum absolute atomic E-state index is 12.8. The zero-order chi connectivity index (χ0) is 18.1. The number of benzene rings is 2. The van der Waals surface area contributed by atoms with Gasteiger partial charge in [-0.1, -0.05) is 50.2 Å². The highest BCUT2D eigenvalue weighted by Crippen LogP contribution is 2.34. The first-order valence-electron chi connectivity index (χ1n) is 9.34. The van der Waals surface area contributed by atoms with Gasteiger partial charge in [0.05, 0.1) is 12.1 Å². The second-order valence-electron chi connectivity index (χ2n) is 6.84. The Hall–Kier alpha value is -2.75. The molecule has 0 radical (unpaired) electrons. The summed E-state index contributed by atoms with van der Waals surface area (Å²) in [5, 5.41) is 4.11. The van der Waals surface area contributed by atoms with Gasteiger partial charge in [0.25, 0.3) is 5.91 Å². The molecule has 26 heavy (non-hydrogen) atoms. The molecule has 1 aliphatic heterocycles. The van der Waals surface area contributed by atoms with Crippen molar-refractivity contribution in [3.63, 3.8) is 0 Å². The van der Waals surface area contributed by atoms with Gasteiger partial charge >= 0.3 is 0 Å². The van der Waals surface area contributed by atoms with Gasteiger partial charge in [-0.2, -0.15) is 0 Å². The molecular formula is C22H24N2O2. The molecule has 0 saturated heterocycles. The lowest BCUT2D eigenvalue weighted by molar-refractivity contribution is 0.0935. The molecule has 0 saturated carbocycles. The summed E-state index contributed by atoms with van der Waals surface area (Å²) in [7, 11) is 0. The topological polar surface area (TPSA) is 43.3 Å².